The van der Waals surface area contributed by atoms with Gasteiger partial charge >= 0.3 is 0 Å². The summed E-state index contributed by atoms with van der Waals surface area (Å²) < 4.78 is 11.5. The fourth-order valence-corrected chi connectivity index (χ4v) is 2.56. The normalized spacial score (nSPS) is 15.9. The van der Waals surface area contributed by atoms with Gasteiger partial charge in [0.25, 0.3) is 0 Å². The lowest BCUT2D eigenvalue weighted by Crippen LogP contribution is -2.24. The number of fused-ring (bicyclic) bond motifs is 1. The lowest BCUT2D eigenvalue weighted by molar-refractivity contribution is 0.138. The number of ether oxygens (including phenoxy) is 2. The van der Waals surface area contributed by atoms with Crippen molar-refractivity contribution in [3.05, 3.63) is 29.3 Å². The quantitative estimate of drug-likeness (QED) is 0.741. The molecule has 0 spiro atoms. The van der Waals surface area contributed by atoms with Crippen molar-refractivity contribution in [2.45, 2.75) is 45.6 Å². The lowest BCUT2D eigenvalue weighted by atomic mass is 9.99. The van der Waals surface area contributed by atoms with Gasteiger partial charge in [0.1, 0.15) is 11.4 Å². The molecule has 0 unspecified atom stereocenters. The second kappa shape index (κ2) is 7.09. The van der Waals surface area contributed by atoms with Crippen molar-refractivity contribution in [1.82, 2.24) is 5.32 Å². The summed E-state index contributed by atoms with van der Waals surface area (Å²) in [6, 6.07) is 6.52. The van der Waals surface area contributed by atoms with Gasteiger partial charge in [0.05, 0.1) is 13.2 Å². The number of nitrogens with one attached hydrogen (secondary N) is 1. The van der Waals surface area contributed by atoms with E-state index in [4.69, 9.17) is 9.47 Å². The number of hydrogen-bond donors (Lipinski definition) is 1. The highest BCUT2D eigenvalue weighted by molar-refractivity contribution is 5.41. The third-order valence-corrected chi connectivity index (χ3v) is 3.51. The van der Waals surface area contributed by atoms with E-state index in [0.717, 1.165) is 44.9 Å². The van der Waals surface area contributed by atoms with E-state index in [1.165, 1.54) is 17.5 Å². The molecule has 1 aromatic rings. The summed E-state index contributed by atoms with van der Waals surface area (Å²) >= 11 is 0. The van der Waals surface area contributed by atoms with Gasteiger partial charge in [-0.15, -0.1) is 0 Å². The maximum atomic E-state index is 5.89. The molecule has 0 aliphatic carbocycles. The highest BCUT2D eigenvalue weighted by Crippen LogP contribution is 2.35. The predicted octanol–water partition coefficient (Wildman–Crippen LogP) is 2.96. The third-order valence-electron chi connectivity index (χ3n) is 3.51. The van der Waals surface area contributed by atoms with Crippen molar-refractivity contribution in [2.24, 2.45) is 0 Å². The molecule has 20 heavy (non-hydrogen) atoms. The van der Waals surface area contributed by atoms with Crippen molar-refractivity contribution >= 4 is 0 Å². The van der Waals surface area contributed by atoms with Crippen LogP contribution in [0.5, 0.6) is 5.75 Å². The molecule has 0 saturated carbocycles. The summed E-state index contributed by atoms with van der Waals surface area (Å²) in [7, 11) is 0. The Morgan fingerprint density at radius 1 is 1.25 bits per heavy atom. The van der Waals surface area contributed by atoms with Gasteiger partial charge in [-0.25, -0.2) is 0 Å². The van der Waals surface area contributed by atoms with Crippen molar-refractivity contribution in [3.8, 4) is 5.75 Å². The van der Waals surface area contributed by atoms with E-state index in [-0.39, 0.29) is 5.60 Å². The fourth-order valence-electron chi connectivity index (χ4n) is 2.56. The number of rotatable bonds is 8. The molecule has 0 fully saturated rings. The lowest BCUT2D eigenvalue weighted by Gasteiger charge is -2.16. The molecule has 1 aliphatic rings. The Kier molecular flexibility index (Phi) is 5.44. The van der Waals surface area contributed by atoms with E-state index in [1.807, 2.05) is 0 Å². The first-order valence-electron chi connectivity index (χ1n) is 7.70. The molecule has 112 valence electrons. The standard InChI is InChI=1S/C17H27NO2/c1-4-8-18-9-11-19-10-7-14-5-6-16-15(12-14)13-17(2,3)20-16/h5-6,12,18H,4,7-11,13H2,1-3H3. The molecule has 0 atom stereocenters. The van der Waals surface area contributed by atoms with Crippen LogP contribution in [-0.2, 0) is 17.6 Å². The zero-order valence-corrected chi connectivity index (χ0v) is 13.0. The largest absolute Gasteiger partial charge is 0.487 e. The molecule has 1 heterocycles. The zero-order chi connectivity index (χ0) is 14.4. The molecule has 0 amide bonds. The van der Waals surface area contributed by atoms with Crippen LogP contribution in [0.4, 0.5) is 0 Å². The van der Waals surface area contributed by atoms with Crippen molar-refractivity contribution in [2.75, 3.05) is 26.3 Å². The first-order chi connectivity index (χ1) is 9.61. The maximum absolute atomic E-state index is 5.89. The SMILES string of the molecule is CCCNCCOCCc1ccc2c(c1)CC(C)(C)O2. The molecule has 2 rings (SSSR count). The van der Waals surface area contributed by atoms with Crippen LogP contribution in [-0.4, -0.2) is 31.9 Å². The minimum atomic E-state index is -0.0532. The molecular formula is C17H27NO2. The minimum Gasteiger partial charge on any atom is -0.487 e. The van der Waals surface area contributed by atoms with Crippen molar-refractivity contribution in [3.63, 3.8) is 0 Å². The first kappa shape index (κ1) is 15.3. The van der Waals surface area contributed by atoms with Crippen LogP contribution < -0.4 is 10.1 Å². The van der Waals surface area contributed by atoms with E-state index in [2.05, 4.69) is 44.3 Å². The van der Waals surface area contributed by atoms with Gasteiger partial charge in [0.2, 0.25) is 0 Å². The van der Waals surface area contributed by atoms with Gasteiger partial charge in [0.15, 0.2) is 0 Å². The summed E-state index contributed by atoms with van der Waals surface area (Å²) in [5.41, 5.74) is 2.62. The molecule has 0 radical (unpaired) electrons. The Balaban J connectivity index is 1.70. The molecule has 1 aliphatic heterocycles. The smallest absolute Gasteiger partial charge is 0.123 e. The third kappa shape index (κ3) is 4.50. The Hall–Kier alpha value is -1.06. The van der Waals surface area contributed by atoms with Gasteiger partial charge in [-0.3, -0.25) is 0 Å². The topological polar surface area (TPSA) is 30.5 Å². The highest BCUT2D eigenvalue weighted by Gasteiger charge is 2.29. The van der Waals surface area contributed by atoms with Gasteiger partial charge < -0.3 is 14.8 Å². The predicted molar refractivity (Wildman–Crippen MR) is 82.5 cm³/mol. The van der Waals surface area contributed by atoms with Crippen LogP contribution in [0, 0.1) is 0 Å². The Morgan fingerprint density at radius 2 is 2.10 bits per heavy atom. The first-order valence-corrected chi connectivity index (χ1v) is 7.70. The molecule has 0 aromatic heterocycles. The summed E-state index contributed by atoms with van der Waals surface area (Å²) in [6.45, 7) is 10.0. The molecular weight excluding hydrogens is 250 g/mol. The van der Waals surface area contributed by atoms with Gasteiger partial charge in [0, 0.05) is 13.0 Å². The van der Waals surface area contributed by atoms with E-state index < -0.39 is 0 Å². The second-order valence-corrected chi connectivity index (χ2v) is 6.09. The summed E-state index contributed by atoms with van der Waals surface area (Å²) in [5.74, 6) is 1.04. The van der Waals surface area contributed by atoms with Crippen LogP contribution in [0.15, 0.2) is 18.2 Å². The number of benzene rings is 1. The Labute approximate surface area is 122 Å². The minimum absolute atomic E-state index is 0.0532. The van der Waals surface area contributed by atoms with Gasteiger partial charge in [-0.05, 0) is 50.4 Å². The van der Waals surface area contributed by atoms with Crippen LogP contribution in [0.1, 0.15) is 38.3 Å². The summed E-state index contributed by atoms with van der Waals surface area (Å²) in [6.07, 6.45) is 3.15. The van der Waals surface area contributed by atoms with Crippen molar-refractivity contribution in [1.29, 1.82) is 0 Å². The average Bonchev–Trinajstić information content (AvgIpc) is 2.71. The second-order valence-electron chi connectivity index (χ2n) is 6.09. The van der Waals surface area contributed by atoms with Crippen LogP contribution >= 0.6 is 0 Å². The molecule has 1 N–H and O–H groups in total. The summed E-state index contributed by atoms with van der Waals surface area (Å²) in [4.78, 5) is 0. The highest BCUT2D eigenvalue weighted by atomic mass is 16.5. The van der Waals surface area contributed by atoms with E-state index >= 15 is 0 Å². The van der Waals surface area contributed by atoms with E-state index in [1.54, 1.807) is 0 Å². The fraction of sp³-hybridized carbons (Fsp3) is 0.647. The molecule has 0 bridgehead atoms. The van der Waals surface area contributed by atoms with E-state index in [0.29, 0.717) is 0 Å². The number of hydrogen-bond acceptors (Lipinski definition) is 3. The van der Waals surface area contributed by atoms with E-state index in [9.17, 15) is 0 Å². The Morgan fingerprint density at radius 3 is 2.90 bits per heavy atom. The molecule has 1 aromatic carbocycles. The Bertz CT molecular complexity index is 429. The molecule has 3 nitrogen and oxygen atoms in total. The van der Waals surface area contributed by atoms with Crippen LogP contribution in [0.25, 0.3) is 0 Å². The maximum Gasteiger partial charge on any atom is 0.123 e. The average molecular weight is 277 g/mol. The van der Waals surface area contributed by atoms with Crippen molar-refractivity contribution < 1.29 is 9.47 Å². The van der Waals surface area contributed by atoms with Crippen LogP contribution in [0.3, 0.4) is 0 Å². The summed E-state index contributed by atoms with van der Waals surface area (Å²) in [5, 5.41) is 3.34. The molecule has 0 saturated heterocycles. The van der Waals surface area contributed by atoms with Gasteiger partial charge in [-0.2, -0.15) is 0 Å². The zero-order valence-electron chi connectivity index (χ0n) is 13.0. The molecule has 3 heteroatoms. The van der Waals surface area contributed by atoms with Gasteiger partial charge in [-0.1, -0.05) is 19.1 Å². The van der Waals surface area contributed by atoms with Crippen LogP contribution in [0.2, 0.25) is 0 Å². The monoisotopic (exact) mass is 277 g/mol.